The van der Waals surface area contributed by atoms with Crippen LogP contribution < -0.4 is 24.8 Å². The lowest BCUT2D eigenvalue weighted by atomic mass is 10.0. The summed E-state index contributed by atoms with van der Waals surface area (Å²) in [7, 11) is 0. The number of hydrogen-bond donors (Lipinski definition) is 4. The van der Waals surface area contributed by atoms with Crippen molar-refractivity contribution in [2.45, 2.75) is 69.2 Å². The number of ether oxygens (including phenoxy) is 6. The molecule has 2 amide bonds. The van der Waals surface area contributed by atoms with E-state index in [1.807, 2.05) is 84.9 Å². The van der Waals surface area contributed by atoms with Crippen molar-refractivity contribution in [1.82, 2.24) is 20.6 Å². The molecule has 4 aromatic carbocycles. The smallest absolute Gasteiger partial charge is 0.303 e. The van der Waals surface area contributed by atoms with Gasteiger partial charge in [-0.05, 0) is 98.0 Å². The lowest BCUT2D eigenvalue weighted by molar-refractivity contribution is -0.432. The average molecular weight is 1090 g/mol. The van der Waals surface area contributed by atoms with Gasteiger partial charge in [-0.2, -0.15) is 5.11 Å². The minimum absolute atomic E-state index is 0.0740. The van der Waals surface area contributed by atoms with Crippen molar-refractivity contribution >= 4 is 35.6 Å². The third-order valence-corrected chi connectivity index (χ3v) is 12.3. The molecule has 0 saturated carbocycles. The molecule has 0 aliphatic carbocycles. The standard InChI is InChI=1S/C58H68N6O13S/c65-55(59-29-14-31-70-36-38-72-39-37-71-32-15-30-60-58(68)47-25-27-54(61-42-47)64-62-43-46-20-8-9-23-53(46)78-77-76-69)24-13-35-74-52-22-12-21-51(49(52)26-28-57(66)67)73-33-10-3-11-34-75-56-41-48(44-16-4-1-5-17-44)40-50(63-56)45-18-6-2-7-19-45/h1-2,4-9,12,16-23,25,27,40-42,69H,3,10-11,13-15,24,26,28-39,43H2,(H,59,65)(H,60,68)(H,66,67). The van der Waals surface area contributed by atoms with E-state index in [0.717, 1.165) is 59.3 Å². The van der Waals surface area contributed by atoms with Crippen LogP contribution in [0.15, 0.2) is 149 Å². The molecular formula is C58H68N6O13S. The van der Waals surface area contributed by atoms with Gasteiger partial charge < -0.3 is 44.2 Å². The molecule has 414 valence electrons. The molecule has 0 spiro atoms. The van der Waals surface area contributed by atoms with Crippen molar-refractivity contribution in [3.05, 3.63) is 150 Å². The van der Waals surface area contributed by atoms with Gasteiger partial charge in [0.2, 0.25) is 11.8 Å². The normalized spacial score (nSPS) is 11.1. The number of unbranched alkanes of at least 4 members (excludes halogenated alkanes) is 2. The van der Waals surface area contributed by atoms with Crippen molar-refractivity contribution < 1.29 is 62.5 Å². The Kier molecular flexibility index (Phi) is 27.6. The third-order valence-electron chi connectivity index (χ3n) is 11.6. The molecule has 78 heavy (non-hydrogen) atoms. The van der Waals surface area contributed by atoms with Crippen LogP contribution in [-0.2, 0) is 46.1 Å². The van der Waals surface area contributed by atoms with Crippen molar-refractivity contribution in [2.24, 2.45) is 10.2 Å². The van der Waals surface area contributed by atoms with E-state index in [1.165, 1.54) is 6.20 Å². The molecule has 19 nitrogen and oxygen atoms in total. The maximum absolute atomic E-state index is 12.5. The van der Waals surface area contributed by atoms with Crippen molar-refractivity contribution in [1.29, 1.82) is 0 Å². The zero-order valence-electron chi connectivity index (χ0n) is 43.6. The SMILES string of the molecule is O=C(O)CCc1c(OCCCCCOc2cc(-c3ccccc3)cc(-c3ccccc3)n2)cccc1OCCCC(=O)NCCCOCCOCCOCCCNC(=O)c1ccc(N=NCc2ccccc2SOOO)nc1. The van der Waals surface area contributed by atoms with Gasteiger partial charge in [-0.25, -0.2) is 15.2 Å². The molecule has 0 radical (unpaired) electrons. The Balaban J connectivity index is 0.750. The Morgan fingerprint density at radius 1 is 0.590 bits per heavy atom. The first-order valence-electron chi connectivity index (χ1n) is 26.1. The maximum Gasteiger partial charge on any atom is 0.303 e. The minimum Gasteiger partial charge on any atom is -0.493 e. The second-order valence-electron chi connectivity index (χ2n) is 17.4. The molecule has 20 heteroatoms. The van der Waals surface area contributed by atoms with Crippen LogP contribution in [-0.4, -0.2) is 111 Å². The summed E-state index contributed by atoms with van der Waals surface area (Å²) in [6, 6.07) is 40.3. The van der Waals surface area contributed by atoms with Gasteiger partial charge in [-0.3, -0.25) is 14.4 Å². The average Bonchev–Trinajstić information content (AvgIpc) is 3.47. The highest BCUT2D eigenvalue weighted by Crippen LogP contribution is 2.32. The van der Waals surface area contributed by atoms with E-state index in [0.29, 0.717) is 124 Å². The highest BCUT2D eigenvalue weighted by Gasteiger charge is 2.15. The van der Waals surface area contributed by atoms with E-state index in [1.54, 1.807) is 24.3 Å². The highest BCUT2D eigenvalue weighted by atomic mass is 32.2. The third kappa shape index (κ3) is 22.7. The van der Waals surface area contributed by atoms with Crippen LogP contribution in [0, 0.1) is 0 Å². The number of aliphatic carboxylic acids is 1. The summed E-state index contributed by atoms with van der Waals surface area (Å²) in [5.74, 6) is 0.807. The van der Waals surface area contributed by atoms with Crippen LogP contribution in [0.3, 0.4) is 0 Å². The van der Waals surface area contributed by atoms with Crippen LogP contribution in [0.4, 0.5) is 5.82 Å². The summed E-state index contributed by atoms with van der Waals surface area (Å²) in [6.45, 7) is 4.96. The predicted octanol–water partition coefficient (Wildman–Crippen LogP) is 10.7. The summed E-state index contributed by atoms with van der Waals surface area (Å²) in [6.07, 6.45) is 6.08. The summed E-state index contributed by atoms with van der Waals surface area (Å²) in [5.41, 5.74) is 5.90. The summed E-state index contributed by atoms with van der Waals surface area (Å²) in [4.78, 5) is 46.2. The number of nitrogens with zero attached hydrogens (tertiary/aromatic N) is 4. The molecule has 0 aliphatic rings. The Morgan fingerprint density at radius 2 is 1.23 bits per heavy atom. The molecule has 6 rings (SSSR count). The molecule has 2 heterocycles. The number of carboxylic acid groups (broad SMARTS) is 1. The highest BCUT2D eigenvalue weighted by molar-refractivity contribution is 7.94. The first-order valence-corrected chi connectivity index (χ1v) is 26.8. The lowest BCUT2D eigenvalue weighted by Gasteiger charge is -2.16. The second kappa shape index (κ2) is 35.9. The molecule has 2 aromatic heterocycles. The summed E-state index contributed by atoms with van der Waals surface area (Å²) < 4.78 is 39.7. The van der Waals surface area contributed by atoms with E-state index >= 15 is 0 Å². The number of hydrogen-bond acceptors (Lipinski definition) is 17. The number of azo groups is 1. The van der Waals surface area contributed by atoms with Gasteiger partial charge in [-0.1, -0.05) is 90.0 Å². The van der Waals surface area contributed by atoms with Crippen LogP contribution in [0.25, 0.3) is 22.4 Å². The molecule has 0 saturated heterocycles. The van der Waals surface area contributed by atoms with Crippen molar-refractivity contribution in [2.75, 3.05) is 72.6 Å². The zero-order valence-corrected chi connectivity index (χ0v) is 44.4. The number of carboxylic acids is 1. The van der Waals surface area contributed by atoms with Crippen LogP contribution >= 0.6 is 12.0 Å². The topological polar surface area (TPSA) is 240 Å². The Labute approximate surface area is 459 Å². The Hall–Kier alpha value is -7.30. The summed E-state index contributed by atoms with van der Waals surface area (Å²) >= 11 is 0.848. The minimum atomic E-state index is -0.914. The van der Waals surface area contributed by atoms with Gasteiger partial charge in [0.25, 0.3) is 5.91 Å². The largest absolute Gasteiger partial charge is 0.493 e. The van der Waals surface area contributed by atoms with E-state index in [-0.39, 0.29) is 44.2 Å². The van der Waals surface area contributed by atoms with E-state index < -0.39 is 5.97 Å². The summed E-state index contributed by atoms with van der Waals surface area (Å²) in [5, 5.41) is 35.5. The van der Waals surface area contributed by atoms with E-state index in [2.05, 4.69) is 53.4 Å². The fraction of sp³-hybridized carbons (Fsp3) is 0.362. The number of carbonyl (C=O) groups is 3. The van der Waals surface area contributed by atoms with E-state index in [9.17, 15) is 19.5 Å². The molecule has 0 atom stereocenters. The quantitative estimate of drug-likeness (QED) is 0.00922. The van der Waals surface area contributed by atoms with Gasteiger partial charge in [-0.15, -0.1) is 9.45 Å². The fourth-order valence-corrected chi connectivity index (χ4v) is 8.10. The molecule has 0 aliphatic heterocycles. The number of rotatable bonds is 39. The van der Waals surface area contributed by atoms with Gasteiger partial charge in [0, 0.05) is 67.4 Å². The van der Waals surface area contributed by atoms with Gasteiger partial charge in [0.15, 0.2) is 5.82 Å². The van der Waals surface area contributed by atoms with Crippen LogP contribution in [0.5, 0.6) is 17.4 Å². The number of pyridine rings is 2. The first-order chi connectivity index (χ1) is 38.4. The van der Waals surface area contributed by atoms with Crippen LogP contribution in [0.1, 0.15) is 72.9 Å². The van der Waals surface area contributed by atoms with Crippen molar-refractivity contribution in [3.8, 4) is 39.8 Å². The Bertz CT molecular complexity index is 2670. The number of carbonyl (C=O) groups excluding carboxylic acids is 2. The monoisotopic (exact) mass is 1090 g/mol. The van der Waals surface area contributed by atoms with Crippen LogP contribution in [0.2, 0.25) is 0 Å². The van der Waals surface area contributed by atoms with Gasteiger partial charge in [0.05, 0.1) is 76.1 Å². The fourth-order valence-electron chi connectivity index (χ4n) is 7.62. The molecule has 0 unspecified atom stereocenters. The molecule has 0 bridgehead atoms. The van der Waals surface area contributed by atoms with E-state index in [4.69, 9.17) is 38.7 Å². The Morgan fingerprint density at radius 3 is 1.91 bits per heavy atom. The molecule has 0 fully saturated rings. The number of aromatic nitrogens is 2. The number of nitrogens with one attached hydrogen (secondary N) is 2. The van der Waals surface area contributed by atoms with Crippen molar-refractivity contribution in [3.63, 3.8) is 0 Å². The molecule has 6 aromatic rings. The molecular weight excluding hydrogens is 1020 g/mol. The number of amides is 2. The predicted molar refractivity (Wildman–Crippen MR) is 294 cm³/mol. The lowest BCUT2D eigenvalue weighted by Crippen LogP contribution is -2.25. The van der Waals surface area contributed by atoms with Gasteiger partial charge >= 0.3 is 5.97 Å². The molecule has 4 N–H and O–H groups in total. The zero-order chi connectivity index (χ0) is 54.7. The number of benzene rings is 4. The first kappa shape index (κ1) is 59.9. The maximum atomic E-state index is 12.5. The second-order valence-corrected chi connectivity index (χ2v) is 18.2. The van der Waals surface area contributed by atoms with Gasteiger partial charge in [0.1, 0.15) is 11.5 Å².